The number of ether oxygens (including phenoxy) is 2. The maximum absolute atomic E-state index is 14.8. The van der Waals surface area contributed by atoms with Crippen LogP contribution in [0.4, 0.5) is 10.2 Å². The zero-order valence-corrected chi connectivity index (χ0v) is 17.5. The number of halogens is 1. The number of ketones is 1. The Morgan fingerprint density at radius 3 is 2.44 bits per heavy atom. The van der Waals surface area contributed by atoms with Crippen LogP contribution in [0.25, 0.3) is 5.76 Å². The molecule has 1 fully saturated rings. The van der Waals surface area contributed by atoms with Crippen LogP contribution in [0.5, 0.6) is 11.5 Å². The number of hydrogen-bond acceptors (Lipinski definition) is 7. The van der Waals surface area contributed by atoms with Crippen LogP contribution < -0.4 is 14.4 Å². The van der Waals surface area contributed by atoms with Crippen molar-refractivity contribution >= 4 is 23.3 Å². The van der Waals surface area contributed by atoms with Crippen molar-refractivity contribution in [2.75, 3.05) is 19.1 Å². The number of benzene rings is 2. The Morgan fingerprint density at radius 2 is 1.81 bits per heavy atom. The number of aromatic nitrogens is 1. The molecule has 1 N–H and O–H groups in total. The summed E-state index contributed by atoms with van der Waals surface area (Å²) in [5, 5.41) is 14.9. The lowest BCUT2D eigenvalue weighted by Crippen LogP contribution is -2.30. The molecule has 164 valence electrons. The van der Waals surface area contributed by atoms with Gasteiger partial charge in [0.15, 0.2) is 17.3 Å². The topological polar surface area (TPSA) is 102 Å². The van der Waals surface area contributed by atoms with Crippen molar-refractivity contribution in [1.82, 2.24) is 5.16 Å². The van der Waals surface area contributed by atoms with Gasteiger partial charge in [0.25, 0.3) is 5.78 Å². The predicted molar refractivity (Wildman–Crippen MR) is 112 cm³/mol. The molecule has 1 aromatic heterocycles. The van der Waals surface area contributed by atoms with Crippen molar-refractivity contribution in [3.8, 4) is 11.5 Å². The number of carbonyl (C=O) groups is 2. The maximum atomic E-state index is 14.8. The van der Waals surface area contributed by atoms with Gasteiger partial charge in [-0.05, 0) is 31.2 Å². The third-order valence-electron chi connectivity index (χ3n) is 5.16. The van der Waals surface area contributed by atoms with E-state index >= 15 is 0 Å². The smallest absolute Gasteiger partial charge is 0.301 e. The molecular weight excluding hydrogens is 419 g/mol. The predicted octanol–water partition coefficient (Wildman–Crippen LogP) is 3.77. The van der Waals surface area contributed by atoms with Crippen LogP contribution in [0.1, 0.15) is 22.9 Å². The first kappa shape index (κ1) is 21.1. The van der Waals surface area contributed by atoms with Gasteiger partial charge < -0.3 is 19.1 Å². The molecule has 1 amide bonds. The summed E-state index contributed by atoms with van der Waals surface area (Å²) in [7, 11) is 2.88. The lowest BCUT2D eigenvalue weighted by atomic mass is 9.95. The number of aryl methyl sites for hydroxylation is 1. The molecule has 0 radical (unpaired) electrons. The SMILES string of the molecule is COc1ccc(C(O)=C2C(=O)C(=O)N(c3cc(C)on3)C2c2ccccc2F)cc1OC. The second-order valence-electron chi connectivity index (χ2n) is 7.06. The standard InChI is InChI=1S/C23H19FN2O6/c1-12-10-18(25-32-12)26-20(14-6-4-5-7-15(14)24)19(22(28)23(26)29)21(27)13-8-9-16(30-2)17(11-13)31-3/h4-11,20,27H,1-3H3. The molecule has 0 saturated carbocycles. The van der Waals surface area contributed by atoms with Gasteiger partial charge in [-0.1, -0.05) is 23.4 Å². The van der Waals surface area contributed by atoms with E-state index in [2.05, 4.69) is 5.16 Å². The van der Waals surface area contributed by atoms with E-state index in [1.807, 2.05) is 0 Å². The summed E-state index contributed by atoms with van der Waals surface area (Å²) in [4.78, 5) is 27.0. The van der Waals surface area contributed by atoms with Gasteiger partial charge in [0.1, 0.15) is 17.3 Å². The van der Waals surface area contributed by atoms with Crippen molar-refractivity contribution in [3.05, 3.63) is 76.8 Å². The number of aliphatic hydroxyl groups excluding tert-OH is 1. The second kappa shape index (κ2) is 8.18. The molecule has 0 aliphatic carbocycles. The zero-order chi connectivity index (χ0) is 23.0. The van der Waals surface area contributed by atoms with Gasteiger partial charge in [0.2, 0.25) is 0 Å². The quantitative estimate of drug-likeness (QED) is 0.368. The summed E-state index contributed by atoms with van der Waals surface area (Å²) in [5.41, 5.74) is -0.0688. The minimum absolute atomic E-state index is 0.0226. The first-order valence-electron chi connectivity index (χ1n) is 9.58. The van der Waals surface area contributed by atoms with Gasteiger partial charge in [0, 0.05) is 17.2 Å². The number of methoxy groups -OCH3 is 2. The summed E-state index contributed by atoms with van der Waals surface area (Å²) >= 11 is 0. The first-order chi connectivity index (χ1) is 15.4. The molecule has 0 bridgehead atoms. The molecule has 1 saturated heterocycles. The molecule has 0 spiro atoms. The number of amides is 1. The van der Waals surface area contributed by atoms with Crippen LogP contribution in [0.2, 0.25) is 0 Å². The largest absolute Gasteiger partial charge is 0.507 e. The Morgan fingerprint density at radius 1 is 1.09 bits per heavy atom. The van der Waals surface area contributed by atoms with E-state index in [1.54, 1.807) is 19.1 Å². The van der Waals surface area contributed by atoms with E-state index in [0.29, 0.717) is 17.3 Å². The monoisotopic (exact) mass is 438 g/mol. The van der Waals surface area contributed by atoms with Crippen LogP contribution in [0.3, 0.4) is 0 Å². The van der Waals surface area contributed by atoms with Gasteiger partial charge in [-0.15, -0.1) is 0 Å². The minimum Gasteiger partial charge on any atom is -0.507 e. The van der Waals surface area contributed by atoms with E-state index in [9.17, 15) is 19.1 Å². The number of hydrogen-bond donors (Lipinski definition) is 1. The van der Waals surface area contributed by atoms with Gasteiger partial charge in [-0.2, -0.15) is 0 Å². The molecule has 4 rings (SSSR count). The molecule has 32 heavy (non-hydrogen) atoms. The number of carbonyl (C=O) groups excluding carboxylic acids is 2. The number of rotatable bonds is 5. The van der Waals surface area contributed by atoms with E-state index in [-0.39, 0.29) is 22.5 Å². The van der Waals surface area contributed by atoms with Crippen LogP contribution in [0.15, 0.2) is 58.6 Å². The van der Waals surface area contributed by atoms with Crippen LogP contribution >= 0.6 is 0 Å². The van der Waals surface area contributed by atoms with Crippen LogP contribution in [-0.2, 0) is 9.59 Å². The lowest BCUT2D eigenvalue weighted by Gasteiger charge is -2.23. The molecule has 1 aliphatic heterocycles. The molecule has 8 nitrogen and oxygen atoms in total. The van der Waals surface area contributed by atoms with Gasteiger partial charge >= 0.3 is 5.91 Å². The molecular formula is C23H19FN2O6. The Kier molecular flexibility index (Phi) is 5.40. The third-order valence-corrected chi connectivity index (χ3v) is 5.16. The number of anilines is 1. The average Bonchev–Trinajstić information content (AvgIpc) is 3.33. The van der Waals surface area contributed by atoms with E-state index in [0.717, 1.165) is 4.90 Å². The first-order valence-corrected chi connectivity index (χ1v) is 9.58. The lowest BCUT2D eigenvalue weighted by molar-refractivity contribution is -0.132. The molecule has 1 atom stereocenters. The zero-order valence-electron chi connectivity index (χ0n) is 17.5. The van der Waals surface area contributed by atoms with E-state index in [1.165, 1.54) is 50.6 Å². The minimum atomic E-state index is -1.26. The van der Waals surface area contributed by atoms with Crippen LogP contribution in [0, 0.1) is 12.7 Å². The summed E-state index contributed by atoms with van der Waals surface area (Å²) in [6.07, 6.45) is 0. The summed E-state index contributed by atoms with van der Waals surface area (Å²) in [6, 6.07) is 10.4. The van der Waals surface area contributed by atoms with Crippen molar-refractivity contribution in [3.63, 3.8) is 0 Å². The third kappa shape index (κ3) is 3.37. The van der Waals surface area contributed by atoms with Gasteiger partial charge in [-0.25, -0.2) is 4.39 Å². The molecule has 2 heterocycles. The highest BCUT2D eigenvalue weighted by Gasteiger charge is 2.49. The average molecular weight is 438 g/mol. The number of nitrogens with zero attached hydrogens (tertiary/aromatic N) is 2. The normalized spacial score (nSPS) is 17.6. The number of aliphatic hydroxyl groups is 1. The molecule has 3 aromatic rings. The highest BCUT2D eigenvalue weighted by molar-refractivity contribution is 6.51. The number of Topliss-reactive ketones (excluding diaryl/α,β-unsaturated/α-hetero) is 1. The fourth-order valence-electron chi connectivity index (χ4n) is 3.67. The fourth-order valence-corrected chi connectivity index (χ4v) is 3.67. The van der Waals surface area contributed by atoms with Crippen molar-refractivity contribution in [2.24, 2.45) is 0 Å². The Bertz CT molecular complexity index is 1250. The Hall–Kier alpha value is -4.14. The van der Waals surface area contributed by atoms with Gasteiger partial charge in [-0.3, -0.25) is 14.5 Å². The second-order valence-corrected chi connectivity index (χ2v) is 7.06. The highest BCUT2D eigenvalue weighted by atomic mass is 19.1. The highest BCUT2D eigenvalue weighted by Crippen LogP contribution is 2.43. The molecule has 9 heteroatoms. The van der Waals surface area contributed by atoms with Crippen molar-refractivity contribution < 1.29 is 33.1 Å². The summed E-state index contributed by atoms with van der Waals surface area (Å²) in [6.45, 7) is 1.62. The molecule has 2 aromatic carbocycles. The summed E-state index contributed by atoms with van der Waals surface area (Å²) in [5.74, 6) is -1.94. The molecule has 1 unspecified atom stereocenters. The van der Waals surface area contributed by atoms with Crippen molar-refractivity contribution in [2.45, 2.75) is 13.0 Å². The van der Waals surface area contributed by atoms with Crippen LogP contribution in [-0.4, -0.2) is 36.2 Å². The molecule has 1 aliphatic rings. The summed E-state index contributed by atoms with van der Waals surface area (Å²) < 4.78 is 30.3. The Balaban J connectivity index is 1.96. The van der Waals surface area contributed by atoms with Gasteiger partial charge in [0.05, 0.1) is 25.8 Å². The van der Waals surface area contributed by atoms with Crippen molar-refractivity contribution in [1.29, 1.82) is 0 Å². The van der Waals surface area contributed by atoms with E-state index in [4.69, 9.17) is 14.0 Å². The fraction of sp³-hybridized carbons (Fsp3) is 0.174. The maximum Gasteiger partial charge on any atom is 0.301 e. The van der Waals surface area contributed by atoms with E-state index < -0.39 is 29.3 Å². The Labute approximate surface area is 182 Å².